The fraction of sp³-hybridized carbons (Fsp3) is 0.400. The third-order valence-corrected chi connectivity index (χ3v) is 5.89. The zero-order valence-electron chi connectivity index (χ0n) is 18.1. The van der Waals surface area contributed by atoms with Gasteiger partial charge in [0.15, 0.2) is 0 Å². The van der Waals surface area contributed by atoms with Gasteiger partial charge in [0.25, 0.3) is 0 Å². The fourth-order valence-electron chi connectivity index (χ4n) is 4.17. The van der Waals surface area contributed by atoms with E-state index in [2.05, 4.69) is 46.5 Å². The first kappa shape index (κ1) is 21.2. The average molecular weight is 419 g/mol. The molecule has 0 spiro atoms. The quantitative estimate of drug-likeness (QED) is 0.511. The highest BCUT2D eigenvalue weighted by Crippen LogP contribution is 2.31. The van der Waals surface area contributed by atoms with Gasteiger partial charge in [0.1, 0.15) is 6.10 Å². The molecule has 6 nitrogen and oxygen atoms in total. The predicted molar refractivity (Wildman–Crippen MR) is 120 cm³/mol. The number of aromatic nitrogens is 3. The normalized spacial score (nSPS) is 18.8. The number of carbonyl (C=O) groups excluding carboxylic acids is 1. The number of hydrogen-bond acceptors (Lipinski definition) is 5. The molecule has 162 valence electrons. The van der Waals surface area contributed by atoms with Crippen LogP contribution in [0.15, 0.2) is 66.9 Å². The number of nitrogens with zero attached hydrogens (tertiary/aromatic N) is 4. The van der Waals surface area contributed by atoms with E-state index in [1.165, 1.54) is 5.56 Å². The van der Waals surface area contributed by atoms with E-state index in [4.69, 9.17) is 4.74 Å². The first-order valence-electron chi connectivity index (χ1n) is 11.1. The molecule has 1 aliphatic rings. The molecule has 31 heavy (non-hydrogen) atoms. The molecule has 1 fully saturated rings. The maximum absolute atomic E-state index is 12.6. The van der Waals surface area contributed by atoms with E-state index in [9.17, 15) is 4.79 Å². The van der Waals surface area contributed by atoms with Crippen molar-refractivity contribution in [3.63, 3.8) is 0 Å². The molecule has 0 bridgehead atoms. The Hall–Kier alpha value is -2.99. The predicted octanol–water partition coefficient (Wildman–Crippen LogP) is 4.29. The van der Waals surface area contributed by atoms with Gasteiger partial charge in [-0.1, -0.05) is 60.2 Å². The van der Waals surface area contributed by atoms with Crippen molar-refractivity contribution in [3.05, 3.63) is 83.7 Å². The Morgan fingerprint density at radius 1 is 1.06 bits per heavy atom. The van der Waals surface area contributed by atoms with Crippen molar-refractivity contribution in [2.45, 2.75) is 50.8 Å². The van der Waals surface area contributed by atoms with Crippen LogP contribution < -0.4 is 0 Å². The Balaban J connectivity index is 1.35. The Labute approximate surface area is 183 Å². The van der Waals surface area contributed by atoms with Crippen LogP contribution in [-0.2, 0) is 17.7 Å². The van der Waals surface area contributed by atoms with Crippen molar-refractivity contribution in [3.8, 4) is 0 Å². The molecule has 0 unspecified atom stereocenters. The molecule has 0 amide bonds. The number of benzene rings is 2. The second-order valence-electron chi connectivity index (χ2n) is 8.32. The van der Waals surface area contributed by atoms with E-state index >= 15 is 0 Å². The van der Waals surface area contributed by atoms with E-state index in [1.54, 1.807) is 12.1 Å². The highest BCUT2D eigenvalue weighted by Gasteiger charge is 2.31. The second kappa shape index (κ2) is 10.4. The molecule has 1 aliphatic carbocycles. The Bertz CT molecular complexity index is 958. The number of ether oxygens (including phenoxy) is 1. The molecular weight excluding hydrogens is 388 g/mol. The lowest BCUT2D eigenvalue weighted by Gasteiger charge is -2.30. The topological polar surface area (TPSA) is 60.2 Å². The summed E-state index contributed by atoms with van der Waals surface area (Å²) in [6.45, 7) is 1.70. The molecule has 3 aromatic rings. The Kier molecular flexibility index (Phi) is 7.10. The first-order chi connectivity index (χ1) is 15.2. The van der Waals surface area contributed by atoms with Gasteiger partial charge < -0.3 is 9.64 Å². The van der Waals surface area contributed by atoms with E-state index in [0.29, 0.717) is 5.56 Å². The van der Waals surface area contributed by atoms with Gasteiger partial charge >= 0.3 is 5.97 Å². The lowest BCUT2D eigenvalue weighted by atomic mass is 9.92. The van der Waals surface area contributed by atoms with Crippen molar-refractivity contribution in [2.75, 3.05) is 13.6 Å². The summed E-state index contributed by atoms with van der Waals surface area (Å²) in [6, 6.07) is 19.7. The molecule has 1 aromatic heterocycles. The average Bonchev–Trinajstić information content (AvgIpc) is 3.27. The van der Waals surface area contributed by atoms with Crippen LogP contribution in [-0.4, -0.2) is 45.6 Å². The van der Waals surface area contributed by atoms with Crippen molar-refractivity contribution in [1.29, 1.82) is 0 Å². The van der Waals surface area contributed by atoms with Crippen LogP contribution in [0.25, 0.3) is 0 Å². The molecule has 0 saturated heterocycles. The molecule has 2 aromatic carbocycles. The second-order valence-corrected chi connectivity index (χ2v) is 8.32. The zero-order chi connectivity index (χ0) is 21.5. The monoisotopic (exact) mass is 418 g/mol. The van der Waals surface area contributed by atoms with Gasteiger partial charge in [-0.25, -0.2) is 9.48 Å². The number of hydrogen-bond donors (Lipinski definition) is 0. The molecule has 1 heterocycles. The van der Waals surface area contributed by atoms with Gasteiger partial charge in [0.05, 0.1) is 23.5 Å². The molecule has 1 saturated carbocycles. The van der Waals surface area contributed by atoms with Crippen LogP contribution in [0.2, 0.25) is 0 Å². The van der Waals surface area contributed by atoms with Crippen molar-refractivity contribution in [2.24, 2.45) is 0 Å². The zero-order valence-corrected chi connectivity index (χ0v) is 18.1. The van der Waals surface area contributed by atoms with Gasteiger partial charge in [-0.2, -0.15) is 0 Å². The number of carbonyl (C=O) groups is 1. The van der Waals surface area contributed by atoms with E-state index in [1.807, 2.05) is 35.1 Å². The van der Waals surface area contributed by atoms with Crippen molar-refractivity contribution >= 4 is 5.97 Å². The molecule has 0 N–H and O–H groups in total. The lowest BCUT2D eigenvalue weighted by Crippen LogP contribution is -2.32. The van der Waals surface area contributed by atoms with Crippen LogP contribution >= 0.6 is 0 Å². The highest BCUT2D eigenvalue weighted by molar-refractivity contribution is 5.89. The molecule has 0 aliphatic heterocycles. The Morgan fingerprint density at radius 3 is 2.55 bits per heavy atom. The van der Waals surface area contributed by atoms with Crippen LogP contribution in [0.1, 0.15) is 53.3 Å². The summed E-state index contributed by atoms with van der Waals surface area (Å²) in [5.74, 6) is -0.265. The number of rotatable bonds is 8. The van der Waals surface area contributed by atoms with Crippen LogP contribution in [0.5, 0.6) is 0 Å². The van der Waals surface area contributed by atoms with Crippen LogP contribution in [0.3, 0.4) is 0 Å². The lowest BCUT2D eigenvalue weighted by molar-refractivity contribution is 0.00176. The molecule has 6 heteroatoms. The van der Waals surface area contributed by atoms with Gasteiger partial charge in [-0.15, -0.1) is 5.10 Å². The maximum Gasteiger partial charge on any atom is 0.338 e. The molecule has 0 radical (unpaired) electrons. The van der Waals surface area contributed by atoms with E-state index in [0.717, 1.165) is 50.9 Å². The summed E-state index contributed by atoms with van der Waals surface area (Å²) in [6.07, 6.45) is 6.81. The minimum absolute atomic E-state index is 0.0392. The van der Waals surface area contributed by atoms with Gasteiger partial charge in [0, 0.05) is 13.1 Å². The van der Waals surface area contributed by atoms with E-state index < -0.39 is 0 Å². The third kappa shape index (κ3) is 5.79. The minimum atomic E-state index is -0.265. The summed E-state index contributed by atoms with van der Waals surface area (Å²) >= 11 is 0. The van der Waals surface area contributed by atoms with Gasteiger partial charge in [0.2, 0.25) is 0 Å². The first-order valence-corrected chi connectivity index (χ1v) is 11.1. The minimum Gasteiger partial charge on any atom is -0.456 e. The summed E-state index contributed by atoms with van der Waals surface area (Å²) in [7, 11) is 2.10. The van der Waals surface area contributed by atoms with Gasteiger partial charge in [-0.3, -0.25) is 0 Å². The van der Waals surface area contributed by atoms with Crippen molar-refractivity contribution in [1.82, 2.24) is 19.9 Å². The summed E-state index contributed by atoms with van der Waals surface area (Å²) in [4.78, 5) is 14.8. The SMILES string of the molecule is CN(CCc1ccccc1)Cc1cn([C@@H]2CCCC[C@H]2OC(=O)c2ccccc2)nn1. The highest BCUT2D eigenvalue weighted by atomic mass is 16.5. The largest absolute Gasteiger partial charge is 0.456 e. The Morgan fingerprint density at radius 2 is 1.77 bits per heavy atom. The van der Waals surface area contributed by atoms with Gasteiger partial charge in [-0.05, 0) is 50.4 Å². The summed E-state index contributed by atoms with van der Waals surface area (Å²) < 4.78 is 7.79. The van der Waals surface area contributed by atoms with E-state index in [-0.39, 0.29) is 18.1 Å². The number of esters is 1. The fourth-order valence-corrected chi connectivity index (χ4v) is 4.17. The standard InChI is InChI=1S/C25H30N4O2/c1-28(17-16-20-10-4-2-5-11-20)18-22-19-29(27-26-22)23-14-8-9-15-24(23)31-25(30)21-12-6-3-7-13-21/h2-7,10-13,19,23-24H,8-9,14-18H2,1H3/t23-,24-/m1/s1. The molecule has 2 atom stereocenters. The third-order valence-electron chi connectivity index (χ3n) is 5.89. The van der Waals surface area contributed by atoms with Crippen molar-refractivity contribution < 1.29 is 9.53 Å². The summed E-state index contributed by atoms with van der Waals surface area (Å²) in [5, 5.41) is 8.78. The smallest absolute Gasteiger partial charge is 0.338 e. The van der Waals surface area contributed by atoms with Crippen LogP contribution in [0.4, 0.5) is 0 Å². The molecular formula is C25H30N4O2. The van der Waals surface area contributed by atoms with Crippen LogP contribution in [0, 0.1) is 0 Å². The maximum atomic E-state index is 12.6. The number of likely N-dealkylation sites (N-methyl/N-ethyl adjacent to an activating group) is 1. The summed E-state index contributed by atoms with van der Waals surface area (Å²) in [5.41, 5.74) is 2.86. The molecule has 4 rings (SSSR count).